The molecule has 5 nitrogen and oxygen atoms in total. The number of anilines is 1. The maximum absolute atomic E-state index is 10.9. The van der Waals surface area contributed by atoms with Crippen LogP contribution in [0.3, 0.4) is 0 Å². The number of rotatable bonds is 2. The number of aromatic carboxylic acids is 1. The summed E-state index contributed by atoms with van der Waals surface area (Å²) in [5, 5.41) is 9.15. The van der Waals surface area contributed by atoms with E-state index in [9.17, 15) is 4.79 Å². The summed E-state index contributed by atoms with van der Waals surface area (Å²) in [5.41, 5.74) is 0.152. The third kappa shape index (κ3) is 2.87. The number of aromatic nitrogens is 1. The fraction of sp³-hybridized carbons (Fsp3) is 0.455. The third-order valence-corrected chi connectivity index (χ3v) is 2.79. The first-order chi connectivity index (χ1) is 8.06. The summed E-state index contributed by atoms with van der Waals surface area (Å²) in [5.74, 6) is -0.415. The molecule has 92 valence electrons. The highest BCUT2D eigenvalue weighted by Gasteiger charge is 2.19. The number of carboxylic acids is 1. The summed E-state index contributed by atoms with van der Waals surface area (Å²) < 4.78 is 5.42. The lowest BCUT2D eigenvalue weighted by molar-refractivity contribution is 0.0529. The minimum atomic E-state index is -1.00. The monoisotopic (exact) mass is 256 g/mol. The minimum absolute atomic E-state index is 0.109. The highest BCUT2D eigenvalue weighted by molar-refractivity contribution is 6.29. The summed E-state index contributed by atoms with van der Waals surface area (Å²) in [4.78, 5) is 17.0. The molecule has 0 saturated carbocycles. The molecule has 1 N–H and O–H groups in total. The van der Waals surface area contributed by atoms with E-state index in [1.807, 2.05) is 11.8 Å². The number of ether oxygens (including phenoxy) is 1. The maximum Gasteiger partial charge on any atom is 0.335 e. The van der Waals surface area contributed by atoms with Crippen LogP contribution in [0.4, 0.5) is 5.82 Å². The van der Waals surface area contributed by atoms with E-state index in [1.54, 1.807) is 0 Å². The Morgan fingerprint density at radius 2 is 2.41 bits per heavy atom. The first-order valence-corrected chi connectivity index (χ1v) is 5.71. The Balaban J connectivity index is 2.28. The number of morpholine rings is 1. The van der Waals surface area contributed by atoms with Gasteiger partial charge in [-0.25, -0.2) is 9.78 Å². The molecule has 1 aliphatic rings. The van der Waals surface area contributed by atoms with E-state index in [0.717, 1.165) is 0 Å². The van der Waals surface area contributed by atoms with Gasteiger partial charge in [-0.3, -0.25) is 0 Å². The first kappa shape index (κ1) is 12.1. The van der Waals surface area contributed by atoms with Gasteiger partial charge in [0.25, 0.3) is 0 Å². The van der Waals surface area contributed by atoms with Crippen molar-refractivity contribution in [3.63, 3.8) is 0 Å². The average Bonchev–Trinajstić information content (AvgIpc) is 2.28. The van der Waals surface area contributed by atoms with Gasteiger partial charge in [0, 0.05) is 13.1 Å². The van der Waals surface area contributed by atoms with Gasteiger partial charge in [0.05, 0.1) is 18.3 Å². The number of halogens is 1. The van der Waals surface area contributed by atoms with Crippen LogP contribution in [0.5, 0.6) is 0 Å². The number of carbonyl (C=O) groups is 1. The molecule has 0 spiro atoms. The van der Waals surface area contributed by atoms with Gasteiger partial charge in [-0.2, -0.15) is 0 Å². The summed E-state index contributed by atoms with van der Waals surface area (Å²) in [6.45, 7) is 3.95. The summed E-state index contributed by atoms with van der Waals surface area (Å²) in [6, 6.07) is 2.88. The number of pyridine rings is 1. The Morgan fingerprint density at radius 3 is 3.06 bits per heavy atom. The molecule has 17 heavy (non-hydrogen) atoms. The van der Waals surface area contributed by atoms with Crippen LogP contribution in [0.1, 0.15) is 17.3 Å². The molecule has 1 fully saturated rings. The second-order valence-electron chi connectivity index (χ2n) is 3.97. The molecule has 0 radical (unpaired) electrons. The Hall–Kier alpha value is -1.33. The molecule has 1 unspecified atom stereocenters. The van der Waals surface area contributed by atoms with Crippen LogP contribution >= 0.6 is 11.6 Å². The number of nitrogens with zero attached hydrogens (tertiary/aromatic N) is 2. The summed E-state index contributed by atoms with van der Waals surface area (Å²) in [6.07, 6.45) is 0.109. The van der Waals surface area contributed by atoms with Crippen LogP contribution in [0.15, 0.2) is 12.1 Å². The zero-order chi connectivity index (χ0) is 12.4. The maximum atomic E-state index is 10.9. The molecule has 0 amide bonds. The van der Waals surface area contributed by atoms with Crippen molar-refractivity contribution in [2.45, 2.75) is 13.0 Å². The van der Waals surface area contributed by atoms with Crippen LogP contribution < -0.4 is 4.90 Å². The molecule has 0 bridgehead atoms. The van der Waals surface area contributed by atoms with Crippen molar-refractivity contribution in [1.82, 2.24) is 4.98 Å². The van der Waals surface area contributed by atoms with Gasteiger partial charge >= 0.3 is 5.97 Å². The van der Waals surface area contributed by atoms with Crippen molar-refractivity contribution in [2.75, 3.05) is 24.6 Å². The quantitative estimate of drug-likeness (QED) is 0.816. The van der Waals surface area contributed by atoms with Crippen LogP contribution in [0, 0.1) is 0 Å². The van der Waals surface area contributed by atoms with Crippen molar-refractivity contribution in [3.8, 4) is 0 Å². The molecule has 1 saturated heterocycles. The number of carboxylic acid groups (broad SMARTS) is 1. The lowest BCUT2D eigenvalue weighted by atomic mass is 10.2. The standard InChI is InChI=1S/C11H13ClN2O3/c1-7-6-14(2-3-17-7)10-5-8(11(15)16)4-9(12)13-10/h4-5,7H,2-3,6H2,1H3,(H,15,16). The second kappa shape index (κ2) is 4.89. The smallest absolute Gasteiger partial charge is 0.335 e. The highest BCUT2D eigenvalue weighted by atomic mass is 35.5. The zero-order valence-corrected chi connectivity index (χ0v) is 10.1. The number of hydrogen-bond donors (Lipinski definition) is 1. The lowest BCUT2D eigenvalue weighted by Crippen LogP contribution is -2.41. The molecule has 0 aromatic carbocycles. The SMILES string of the molecule is CC1CN(c2cc(C(=O)O)cc(Cl)n2)CCO1. The average molecular weight is 257 g/mol. The second-order valence-corrected chi connectivity index (χ2v) is 4.36. The Kier molecular flexibility index (Phi) is 3.49. The Morgan fingerprint density at radius 1 is 1.65 bits per heavy atom. The van der Waals surface area contributed by atoms with E-state index in [4.69, 9.17) is 21.4 Å². The van der Waals surface area contributed by atoms with E-state index < -0.39 is 5.97 Å². The molecule has 0 aliphatic carbocycles. The number of hydrogen-bond acceptors (Lipinski definition) is 4. The highest BCUT2D eigenvalue weighted by Crippen LogP contribution is 2.20. The van der Waals surface area contributed by atoms with Crippen LogP contribution in [-0.2, 0) is 4.74 Å². The Bertz CT molecular complexity index is 439. The van der Waals surface area contributed by atoms with Crippen LogP contribution in [-0.4, -0.2) is 41.9 Å². The van der Waals surface area contributed by atoms with Crippen molar-refractivity contribution >= 4 is 23.4 Å². The fourth-order valence-electron chi connectivity index (χ4n) is 1.80. The van der Waals surface area contributed by atoms with Crippen molar-refractivity contribution in [1.29, 1.82) is 0 Å². The van der Waals surface area contributed by atoms with Crippen LogP contribution in [0.25, 0.3) is 0 Å². The molecule has 1 aromatic heterocycles. The van der Waals surface area contributed by atoms with E-state index >= 15 is 0 Å². The largest absolute Gasteiger partial charge is 0.478 e. The summed E-state index contributed by atoms with van der Waals surface area (Å²) >= 11 is 5.82. The Labute approximate surface area is 104 Å². The topological polar surface area (TPSA) is 62.7 Å². The lowest BCUT2D eigenvalue weighted by Gasteiger charge is -2.32. The van der Waals surface area contributed by atoms with E-state index in [0.29, 0.717) is 25.5 Å². The van der Waals surface area contributed by atoms with Crippen molar-refractivity contribution < 1.29 is 14.6 Å². The molecule has 1 atom stereocenters. The van der Waals surface area contributed by atoms with Gasteiger partial charge < -0.3 is 14.7 Å². The normalized spacial score (nSPS) is 20.4. The molecule has 1 aliphatic heterocycles. The minimum Gasteiger partial charge on any atom is -0.478 e. The molecule has 6 heteroatoms. The van der Waals surface area contributed by atoms with Gasteiger partial charge in [0.1, 0.15) is 11.0 Å². The van der Waals surface area contributed by atoms with Gasteiger partial charge in [-0.1, -0.05) is 11.6 Å². The molecular formula is C11H13ClN2O3. The van der Waals surface area contributed by atoms with Gasteiger partial charge in [0.2, 0.25) is 0 Å². The summed E-state index contributed by atoms with van der Waals surface area (Å²) in [7, 11) is 0. The van der Waals surface area contributed by atoms with Gasteiger partial charge in [-0.05, 0) is 19.1 Å². The van der Waals surface area contributed by atoms with E-state index in [1.165, 1.54) is 12.1 Å². The first-order valence-electron chi connectivity index (χ1n) is 5.33. The molecule has 2 rings (SSSR count). The zero-order valence-electron chi connectivity index (χ0n) is 9.39. The van der Waals surface area contributed by atoms with Crippen LogP contribution in [0.2, 0.25) is 5.15 Å². The molecular weight excluding hydrogens is 244 g/mol. The van der Waals surface area contributed by atoms with Gasteiger partial charge in [0.15, 0.2) is 0 Å². The molecule has 2 heterocycles. The van der Waals surface area contributed by atoms with E-state index in [2.05, 4.69) is 4.98 Å². The third-order valence-electron chi connectivity index (χ3n) is 2.59. The molecule has 1 aromatic rings. The predicted octanol–water partition coefficient (Wildman–Crippen LogP) is 1.66. The van der Waals surface area contributed by atoms with Crippen molar-refractivity contribution in [2.24, 2.45) is 0 Å². The fourth-order valence-corrected chi connectivity index (χ4v) is 2.00. The predicted molar refractivity (Wildman–Crippen MR) is 63.8 cm³/mol. The van der Waals surface area contributed by atoms with Crippen molar-refractivity contribution in [3.05, 3.63) is 22.8 Å². The van der Waals surface area contributed by atoms with E-state index in [-0.39, 0.29) is 16.8 Å². The van der Waals surface area contributed by atoms with Gasteiger partial charge in [-0.15, -0.1) is 0 Å².